The predicted octanol–water partition coefficient (Wildman–Crippen LogP) is 1.89. The Kier molecular flexibility index (Phi) is 7.86. The molecule has 166 valence electrons. The summed E-state index contributed by atoms with van der Waals surface area (Å²) < 4.78 is 10.7. The first-order chi connectivity index (χ1) is 15.0. The number of nitrogens with one attached hydrogen (secondary N) is 2. The quantitative estimate of drug-likeness (QED) is 0.658. The molecular formula is C23H30N4O4. The summed E-state index contributed by atoms with van der Waals surface area (Å²) in [7, 11) is 5.50. The molecule has 2 aromatic rings. The van der Waals surface area contributed by atoms with Crippen molar-refractivity contribution in [2.45, 2.75) is 6.04 Å². The minimum Gasteiger partial charge on any atom is -0.495 e. The van der Waals surface area contributed by atoms with Gasteiger partial charge in [-0.05, 0) is 29.8 Å². The van der Waals surface area contributed by atoms with Crippen LogP contribution < -0.4 is 20.3 Å². The Morgan fingerprint density at radius 1 is 1.06 bits per heavy atom. The molecule has 1 heterocycles. The molecule has 1 saturated heterocycles. The Morgan fingerprint density at radius 3 is 2.39 bits per heavy atom. The maximum atomic E-state index is 12.5. The molecule has 0 spiro atoms. The molecule has 0 aromatic heterocycles. The molecule has 0 saturated carbocycles. The van der Waals surface area contributed by atoms with Crippen molar-refractivity contribution in [1.29, 1.82) is 0 Å². The lowest BCUT2D eigenvalue weighted by atomic mass is 10.0. The van der Waals surface area contributed by atoms with Gasteiger partial charge in [0.15, 0.2) is 0 Å². The van der Waals surface area contributed by atoms with Gasteiger partial charge < -0.3 is 25.0 Å². The highest BCUT2D eigenvalue weighted by atomic mass is 16.5. The number of methoxy groups -OCH3 is 1. The minimum absolute atomic E-state index is 0.0527. The second-order valence-corrected chi connectivity index (χ2v) is 7.51. The van der Waals surface area contributed by atoms with Gasteiger partial charge in [-0.15, -0.1) is 0 Å². The standard InChI is InChI=1S/C23H30N4O4/c1-26(2)18-10-8-17(9-11-18)20(27-12-14-31-15-13-27)16-24-22(28)23(29)25-19-6-4-5-7-21(19)30-3/h4-11,20H,12-16H2,1-3H3,(H,24,28)(H,25,29)/t20-/m1/s1. The normalized spacial score (nSPS) is 15.1. The van der Waals surface area contributed by atoms with E-state index in [4.69, 9.17) is 9.47 Å². The highest BCUT2D eigenvalue weighted by Gasteiger charge is 2.25. The van der Waals surface area contributed by atoms with Crippen molar-refractivity contribution in [3.8, 4) is 5.75 Å². The summed E-state index contributed by atoms with van der Waals surface area (Å²) in [6, 6.07) is 15.2. The van der Waals surface area contributed by atoms with Crippen molar-refractivity contribution in [3.63, 3.8) is 0 Å². The van der Waals surface area contributed by atoms with E-state index in [1.165, 1.54) is 7.11 Å². The fourth-order valence-electron chi connectivity index (χ4n) is 3.54. The van der Waals surface area contributed by atoms with Gasteiger partial charge in [0.1, 0.15) is 5.75 Å². The van der Waals surface area contributed by atoms with Crippen molar-refractivity contribution in [2.24, 2.45) is 0 Å². The van der Waals surface area contributed by atoms with Crippen LogP contribution in [0.25, 0.3) is 0 Å². The van der Waals surface area contributed by atoms with E-state index < -0.39 is 11.8 Å². The third-order valence-electron chi connectivity index (χ3n) is 5.30. The van der Waals surface area contributed by atoms with Crippen LogP contribution in [-0.2, 0) is 14.3 Å². The molecule has 1 fully saturated rings. The van der Waals surface area contributed by atoms with Crippen LogP contribution in [0.4, 0.5) is 11.4 Å². The lowest BCUT2D eigenvalue weighted by molar-refractivity contribution is -0.136. The van der Waals surface area contributed by atoms with Crippen LogP contribution in [0.1, 0.15) is 11.6 Å². The number of ether oxygens (including phenoxy) is 2. The number of hydrogen-bond donors (Lipinski definition) is 2. The van der Waals surface area contributed by atoms with Crippen LogP contribution in [0, 0.1) is 0 Å². The Bertz CT molecular complexity index is 879. The van der Waals surface area contributed by atoms with Gasteiger partial charge in [0.25, 0.3) is 0 Å². The summed E-state index contributed by atoms with van der Waals surface area (Å²) in [5.41, 5.74) is 2.64. The molecule has 1 atom stereocenters. The zero-order valence-electron chi connectivity index (χ0n) is 18.3. The largest absolute Gasteiger partial charge is 0.495 e. The van der Waals surface area contributed by atoms with Crippen molar-refractivity contribution >= 4 is 23.2 Å². The Balaban J connectivity index is 1.67. The molecule has 1 aliphatic rings. The van der Waals surface area contributed by atoms with E-state index in [9.17, 15) is 9.59 Å². The Hall–Kier alpha value is -3.10. The average Bonchev–Trinajstić information content (AvgIpc) is 2.80. The lowest BCUT2D eigenvalue weighted by Crippen LogP contribution is -2.45. The molecular weight excluding hydrogens is 396 g/mol. The number of hydrogen-bond acceptors (Lipinski definition) is 6. The summed E-state index contributed by atoms with van der Waals surface area (Å²) >= 11 is 0. The van der Waals surface area contributed by atoms with Gasteiger partial charge in [-0.2, -0.15) is 0 Å². The van der Waals surface area contributed by atoms with Crippen LogP contribution in [0.5, 0.6) is 5.75 Å². The topological polar surface area (TPSA) is 83.1 Å². The predicted molar refractivity (Wildman–Crippen MR) is 121 cm³/mol. The second-order valence-electron chi connectivity index (χ2n) is 7.51. The van der Waals surface area contributed by atoms with E-state index in [2.05, 4.69) is 39.8 Å². The smallest absolute Gasteiger partial charge is 0.313 e. The van der Waals surface area contributed by atoms with Gasteiger partial charge in [-0.3, -0.25) is 14.5 Å². The molecule has 0 unspecified atom stereocenters. The van der Waals surface area contributed by atoms with Gasteiger partial charge in [0.05, 0.1) is 32.1 Å². The lowest BCUT2D eigenvalue weighted by Gasteiger charge is -2.35. The van der Waals surface area contributed by atoms with Gasteiger partial charge in [0.2, 0.25) is 0 Å². The molecule has 0 bridgehead atoms. The molecule has 1 aliphatic heterocycles. The summed E-state index contributed by atoms with van der Waals surface area (Å²) in [5, 5.41) is 5.40. The summed E-state index contributed by atoms with van der Waals surface area (Å²) in [4.78, 5) is 29.2. The molecule has 2 N–H and O–H groups in total. The van der Waals surface area contributed by atoms with E-state index in [0.29, 0.717) is 31.2 Å². The van der Waals surface area contributed by atoms with Crippen molar-refractivity contribution < 1.29 is 19.1 Å². The van der Waals surface area contributed by atoms with E-state index in [0.717, 1.165) is 24.3 Å². The number of rotatable bonds is 7. The van der Waals surface area contributed by atoms with Crippen molar-refractivity contribution in [1.82, 2.24) is 10.2 Å². The second kappa shape index (κ2) is 10.8. The van der Waals surface area contributed by atoms with Crippen LogP contribution in [-0.4, -0.2) is 70.8 Å². The van der Waals surface area contributed by atoms with Crippen LogP contribution in [0.15, 0.2) is 48.5 Å². The number of anilines is 2. The van der Waals surface area contributed by atoms with Gasteiger partial charge in [-0.1, -0.05) is 24.3 Å². The van der Waals surface area contributed by atoms with E-state index in [-0.39, 0.29) is 6.04 Å². The zero-order chi connectivity index (χ0) is 22.2. The molecule has 8 heteroatoms. The van der Waals surface area contributed by atoms with E-state index in [1.54, 1.807) is 24.3 Å². The van der Waals surface area contributed by atoms with Gasteiger partial charge in [-0.25, -0.2) is 0 Å². The first-order valence-electron chi connectivity index (χ1n) is 10.3. The fourth-order valence-corrected chi connectivity index (χ4v) is 3.54. The average molecular weight is 427 g/mol. The Labute approximate surface area is 183 Å². The number of para-hydroxylation sites is 2. The molecule has 2 amide bonds. The van der Waals surface area contributed by atoms with Gasteiger partial charge >= 0.3 is 11.8 Å². The first-order valence-corrected chi connectivity index (χ1v) is 10.3. The fraction of sp³-hybridized carbons (Fsp3) is 0.391. The summed E-state index contributed by atoms with van der Waals surface area (Å²) in [5.74, 6) is -0.918. The van der Waals surface area contributed by atoms with E-state index >= 15 is 0 Å². The number of amides is 2. The van der Waals surface area contributed by atoms with Crippen molar-refractivity contribution in [3.05, 3.63) is 54.1 Å². The Morgan fingerprint density at radius 2 is 1.74 bits per heavy atom. The zero-order valence-corrected chi connectivity index (χ0v) is 18.3. The maximum absolute atomic E-state index is 12.5. The molecule has 3 rings (SSSR count). The highest BCUT2D eigenvalue weighted by molar-refractivity contribution is 6.39. The molecule has 31 heavy (non-hydrogen) atoms. The molecule has 0 radical (unpaired) electrons. The van der Waals surface area contributed by atoms with Gasteiger partial charge in [0, 0.05) is 39.4 Å². The molecule has 2 aromatic carbocycles. The van der Waals surface area contributed by atoms with E-state index in [1.807, 2.05) is 19.0 Å². The number of morpholine rings is 1. The molecule has 8 nitrogen and oxygen atoms in total. The summed E-state index contributed by atoms with van der Waals surface area (Å²) in [6.07, 6.45) is 0. The number of carbonyl (C=O) groups excluding carboxylic acids is 2. The van der Waals surface area contributed by atoms with Crippen LogP contribution in [0.3, 0.4) is 0 Å². The third kappa shape index (κ3) is 5.96. The maximum Gasteiger partial charge on any atom is 0.313 e. The number of benzene rings is 2. The summed E-state index contributed by atoms with van der Waals surface area (Å²) in [6.45, 7) is 3.15. The highest BCUT2D eigenvalue weighted by Crippen LogP contribution is 2.24. The third-order valence-corrected chi connectivity index (χ3v) is 5.30. The SMILES string of the molecule is COc1ccccc1NC(=O)C(=O)NC[C@H](c1ccc(N(C)C)cc1)N1CCOCC1. The monoisotopic (exact) mass is 426 g/mol. The number of nitrogens with zero attached hydrogens (tertiary/aromatic N) is 2. The van der Waals surface area contributed by atoms with Crippen molar-refractivity contribution in [2.75, 3.05) is 64.3 Å². The van der Waals surface area contributed by atoms with Crippen LogP contribution in [0.2, 0.25) is 0 Å². The molecule has 0 aliphatic carbocycles. The van der Waals surface area contributed by atoms with Crippen LogP contribution >= 0.6 is 0 Å². The minimum atomic E-state index is -0.729. The first kappa shape index (κ1) is 22.6. The number of carbonyl (C=O) groups is 2.